The monoisotopic (exact) mass is 482 g/mol. The van der Waals surface area contributed by atoms with Crippen molar-refractivity contribution in [1.29, 1.82) is 0 Å². The van der Waals surface area contributed by atoms with Gasteiger partial charge in [0.1, 0.15) is 0 Å². The van der Waals surface area contributed by atoms with Crippen LogP contribution in [0.4, 0.5) is 0 Å². The zero-order chi connectivity index (χ0) is 26.0. The van der Waals surface area contributed by atoms with Gasteiger partial charge in [0.25, 0.3) is 0 Å². The van der Waals surface area contributed by atoms with E-state index in [2.05, 4.69) is 105 Å². The maximum atomic E-state index is 2.47. The molecule has 0 amide bonds. The molecular formula is C33H58Si. The van der Waals surface area contributed by atoms with Crippen LogP contribution in [0.5, 0.6) is 0 Å². The van der Waals surface area contributed by atoms with Gasteiger partial charge in [-0.2, -0.15) is 0 Å². The third kappa shape index (κ3) is 22.4. The van der Waals surface area contributed by atoms with Gasteiger partial charge in [-0.1, -0.05) is 89.5 Å². The molecule has 0 aliphatic heterocycles. The summed E-state index contributed by atoms with van der Waals surface area (Å²) in [6, 6.07) is 1.34. The third-order valence-corrected chi connectivity index (χ3v) is 7.77. The van der Waals surface area contributed by atoms with Gasteiger partial charge in [-0.3, -0.25) is 0 Å². The minimum absolute atomic E-state index is 0.966. The van der Waals surface area contributed by atoms with E-state index in [1.165, 1.54) is 92.5 Å². The molecule has 1 heteroatoms. The van der Waals surface area contributed by atoms with Crippen LogP contribution in [-0.4, -0.2) is 8.07 Å². The molecule has 0 saturated heterocycles. The second-order valence-corrected chi connectivity index (χ2v) is 17.5. The minimum Gasteiger partial charge on any atom is -0.0856 e. The van der Waals surface area contributed by atoms with Crippen LogP contribution in [0.15, 0.2) is 69.9 Å². The van der Waals surface area contributed by atoms with Gasteiger partial charge in [-0.05, 0) is 119 Å². The quantitative estimate of drug-likeness (QED) is 0.110. The molecule has 0 aromatic carbocycles. The van der Waals surface area contributed by atoms with Crippen molar-refractivity contribution in [3.63, 3.8) is 0 Å². The summed E-state index contributed by atoms with van der Waals surface area (Å²) in [6.45, 7) is 23.2. The number of allylic oxidation sites excluding steroid dienone is 12. The van der Waals surface area contributed by atoms with Crippen molar-refractivity contribution in [2.75, 3.05) is 0 Å². The van der Waals surface area contributed by atoms with Crippen LogP contribution in [0.25, 0.3) is 0 Å². The maximum absolute atomic E-state index is 2.47. The van der Waals surface area contributed by atoms with Crippen molar-refractivity contribution in [1.82, 2.24) is 0 Å². The van der Waals surface area contributed by atoms with Crippen LogP contribution in [0.2, 0.25) is 25.7 Å². The van der Waals surface area contributed by atoms with E-state index in [9.17, 15) is 0 Å². The fraction of sp³-hybridized carbons (Fsp3) is 0.636. The lowest BCUT2D eigenvalue weighted by atomic mass is 10.0. The smallest absolute Gasteiger partial charge is 0.0483 e. The van der Waals surface area contributed by atoms with Gasteiger partial charge in [0.15, 0.2) is 0 Å². The Kier molecular flexibility index (Phi) is 18.2. The zero-order valence-corrected chi connectivity index (χ0v) is 25.7. The Balaban J connectivity index is 4.13. The van der Waals surface area contributed by atoms with Crippen LogP contribution in [0.1, 0.15) is 113 Å². The molecule has 0 heterocycles. The summed E-state index contributed by atoms with van der Waals surface area (Å²) in [4.78, 5) is 0. The Morgan fingerprint density at radius 1 is 0.412 bits per heavy atom. The molecule has 0 unspecified atom stereocenters. The second kappa shape index (κ2) is 18.9. The van der Waals surface area contributed by atoms with E-state index in [0.29, 0.717) is 0 Å². The fourth-order valence-electron chi connectivity index (χ4n) is 4.20. The Bertz CT molecular complexity index is 740. The summed E-state index contributed by atoms with van der Waals surface area (Å²) in [5.74, 6) is 0. The Morgan fingerprint density at radius 2 is 0.706 bits per heavy atom. The van der Waals surface area contributed by atoms with Crippen molar-refractivity contribution in [2.45, 2.75) is 138 Å². The van der Waals surface area contributed by atoms with Crippen LogP contribution in [-0.2, 0) is 0 Å². The molecule has 0 radical (unpaired) electrons. The Hall–Kier alpha value is -1.34. The number of hydrogen-bond donors (Lipinski definition) is 0. The van der Waals surface area contributed by atoms with Crippen molar-refractivity contribution in [3.05, 3.63) is 69.9 Å². The van der Waals surface area contributed by atoms with E-state index in [1.54, 1.807) is 11.1 Å². The first-order valence-electron chi connectivity index (χ1n) is 13.8. The fourth-order valence-corrected chi connectivity index (χ4v) is 6.02. The predicted octanol–water partition coefficient (Wildman–Crippen LogP) is 11.9. The summed E-state index contributed by atoms with van der Waals surface area (Å²) >= 11 is 0. The van der Waals surface area contributed by atoms with Crippen molar-refractivity contribution >= 4 is 8.07 Å². The minimum atomic E-state index is -0.966. The normalized spacial score (nSPS) is 14.6. The van der Waals surface area contributed by atoms with Crippen molar-refractivity contribution in [2.24, 2.45) is 0 Å². The van der Waals surface area contributed by atoms with Gasteiger partial charge in [-0.25, -0.2) is 0 Å². The molecule has 0 fully saturated rings. The molecular weight excluding hydrogens is 424 g/mol. The first kappa shape index (κ1) is 32.7. The molecule has 0 bridgehead atoms. The summed E-state index contributed by atoms with van der Waals surface area (Å²) in [5.41, 5.74) is 9.17. The van der Waals surface area contributed by atoms with Crippen LogP contribution >= 0.6 is 0 Å². The van der Waals surface area contributed by atoms with Gasteiger partial charge in [-0.15, -0.1) is 0 Å². The van der Waals surface area contributed by atoms with Gasteiger partial charge in [0.2, 0.25) is 0 Å². The lowest BCUT2D eigenvalue weighted by Crippen LogP contribution is -2.19. The van der Waals surface area contributed by atoms with Crippen LogP contribution in [0.3, 0.4) is 0 Å². The topological polar surface area (TPSA) is 0 Å². The molecule has 0 rings (SSSR count). The number of rotatable bonds is 17. The second-order valence-electron chi connectivity index (χ2n) is 12.0. The molecule has 194 valence electrons. The van der Waals surface area contributed by atoms with Gasteiger partial charge < -0.3 is 0 Å². The molecule has 0 aromatic heterocycles. The lowest BCUT2D eigenvalue weighted by Gasteiger charge is -2.15. The molecule has 0 atom stereocenters. The third-order valence-electron chi connectivity index (χ3n) is 6.15. The van der Waals surface area contributed by atoms with Crippen molar-refractivity contribution < 1.29 is 0 Å². The lowest BCUT2D eigenvalue weighted by molar-refractivity contribution is 0.896. The Morgan fingerprint density at radius 3 is 1.03 bits per heavy atom. The predicted molar refractivity (Wildman–Crippen MR) is 163 cm³/mol. The van der Waals surface area contributed by atoms with Crippen molar-refractivity contribution in [3.8, 4) is 0 Å². The van der Waals surface area contributed by atoms with Gasteiger partial charge >= 0.3 is 0 Å². The molecule has 0 aliphatic rings. The van der Waals surface area contributed by atoms with Gasteiger partial charge in [0.05, 0.1) is 0 Å². The van der Waals surface area contributed by atoms with E-state index < -0.39 is 8.07 Å². The zero-order valence-electron chi connectivity index (χ0n) is 24.7. The maximum Gasteiger partial charge on any atom is 0.0483 e. The van der Waals surface area contributed by atoms with E-state index in [0.717, 1.165) is 0 Å². The summed E-state index contributed by atoms with van der Waals surface area (Å²) in [6.07, 6.45) is 26.5. The summed E-state index contributed by atoms with van der Waals surface area (Å²) in [7, 11) is -0.966. The van der Waals surface area contributed by atoms with E-state index in [1.807, 2.05) is 0 Å². The molecule has 34 heavy (non-hydrogen) atoms. The van der Waals surface area contributed by atoms with Crippen LogP contribution < -0.4 is 0 Å². The van der Waals surface area contributed by atoms with E-state index in [-0.39, 0.29) is 0 Å². The number of hydrogen-bond acceptors (Lipinski definition) is 0. The molecule has 0 nitrogen and oxygen atoms in total. The molecule has 0 aliphatic carbocycles. The standard InChI is InChI=1S/C33H58Si/c1-28(2)17-13-20-31(5)23-14-21-29(3)18-11-12-19-30(4)22-15-24-32(6)25-16-26-33(7)27-34(8,9)10/h17-19,23-24,26H,11-16,20-22,25,27H2,1-10H3/b29-18+,30-19+,31-23+,32-24+,33-26?. The summed E-state index contributed by atoms with van der Waals surface area (Å²) < 4.78 is 0. The van der Waals surface area contributed by atoms with E-state index >= 15 is 0 Å². The first-order valence-corrected chi connectivity index (χ1v) is 17.5. The van der Waals surface area contributed by atoms with Gasteiger partial charge in [0, 0.05) is 8.07 Å². The average molecular weight is 483 g/mol. The molecule has 0 N–H and O–H groups in total. The largest absolute Gasteiger partial charge is 0.0856 e. The molecule has 0 aromatic rings. The molecule has 0 spiro atoms. The van der Waals surface area contributed by atoms with Crippen LogP contribution in [0, 0.1) is 0 Å². The molecule has 0 saturated carbocycles. The highest BCUT2D eigenvalue weighted by atomic mass is 28.3. The SMILES string of the molecule is CC(C)=CCC/C(C)=C/CC/C(C)=C/CC/C=C(\C)CC/C=C(\C)CCC=C(C)C[Si](C)(C)C. The highest BCUT2D eigenvalue weighted by Crippen LogP contribution is 2.18. The van der Waals surface area contributed by atoms with E-state index in [4.69, 9.17) is 0 Å². The highest BCUT2D eigenvalue weighted by molar-refractivity contribution is 6.76. The number of unbranched alkanes of at least 4 members (excludes halogenated alkanes) is 1. The first-order chi connectivity index (χ1) is 15.9. The Labute approximate surface area is 216 Å². The summed E-state index contributed by atoms with van der Waals surface area (Å²) in [5, 5.41) is 0. The highest BCUT2D eigenvalue weighted by Gasteiger charge is 2.12. The average Bonchev–Trinajstić information content (AvgIpc) is 2.69.